The number of nitrogens with two attached hydrogens (primary N) is 1. The van der Waals surface area contributed by atoms with Crippen molar-refractivity contribution < 1.29 is 0 Å². The van der Waals surface area contributed by atoms with Gasteiger partial charge in [0.05, 0.1) is 0 Å². The Kier molecular flexibility index (Phi) is 6.53. The maximum Gasteiger partial charge on any atom is 0.0307 e. The zero-order valence-electron chi connectivity index (χ0n) is 12.5. The summed E-state index contributed by atoms with van der Waals surface area (Å²) in [6.07, 6.45) is 9.39. The van der Waals surface area contributed by atoms with Crippen LogP contribution in [0.4, 0.5) is 0 Å². The molecule has 2 rings (SSSR count). The molecule has 0 aromatic heterocycles. The van der Waals surface area contributed by atoms with Crippen LogP contribution in [0.3, 0.4) is 0 Å². The lowest BCUT2D eigenvalue weighted by molar-refractivity contribution is 0.214. The van der Waals surface area contributed by atoms with Gasteiger partial charge in [0, 0.05) is 16.6 Å². The molecule has 0 radical (unpaired) electrons. The van der Waals surface area contributed by atoms with Crippen LogP contribution < -0.4 is 5.73 Å². The van der Waals surface area contributed by atoms with E-state index < -0.39 is 0 Å². The van der Waals surface area contributed by atoms with Gasteiger partial charge in [0.15, 0.2) is 0 Å². The molecule has 0 aliphatic heterocycles. The molecule has 1 unspecified atom stereocenters. The van der Waals surface area contributed by atoms with E-state index in [1.54, 1.807) is 0 Å². The topological polar surface area (TPSA) is 29.3 Å². The number of rotatable bonds is 5. The van der Waals surface area contributed by atoms with Gasteiger partial charge in [-0.3, -0.25) is 0 Å². The number of benzene rings is 1. The molecule has 1 fully saturated rings. The first-order chi connectivity index (χ1) is 9.66. The van der Waals surface area contributed by atoms with E-state index in [9.17, 15) is 0 Å². The van der Waals surface area contributed by atoms with Gasteiger partial charge in [-0.1, -0.05) is 53.7 Å². The van der Waals surface area contributed by atoms with E-state index >= 15 is 0 Å². The van der Waals surface area contributed by atoms with E-state index in [0.717, 1.165) is 23.5 Å². The molecule has 1 aromatic rings. The predicted octanol–water partition coefficient (Wildman–Crippen LogP) is 4.49. The smallest absolute Gasteiger partial charge is 0.0307 e. The Hall–Kier alpha value is -0.380. The summed E-state index contributed by atoms with van der Waals surface area (Å²) in [6, 6.07) is 9.28. The molecule has 2 N–H and O–H groups in total. The summed E-state index contributed by atoms with van der Waals surface area (Å²) < 4.78 is 1.11. The second-order valence-corrected chi connectivity index (χ2v) is 6.99. The van der Waals surface area contributed by atoms with E-state index in [1.807, 2.05) is 6.07 Å². The molecule has 0 amide bonds. The average Bonchev–Trinajstić information content (AvgIpc) is 2.73. The third kappa shape index (κ3) is 4.87. The Morgan fingerprint density at radius 3 is 2.60 bits per heavy atom. The maximum atomic E-state index is 6.33. The van der Waals surface area contributed by atoms with Crippen molar-refractivity contribution in [1.82, 2.24) is 4.90 Å². The van der Waals surface area contributed by atoms with E-state index in [2.05, 4.69) is 46.1 Å². The van der Waals surface area contributed by atoms with Crippen molar-refractivity contribution in [3.05, 3.63) is 34.3 Å². The molecule has 20 heavy (non-hydrogen) atoms. The fourth-order valence-electron chi connectivity index (χ4n) is 3.13. The second-order valence-electron chi connectivity index (χ2n) is 6.08. The molecule has 0 saturated heterocycles. The minimum Gasteiger partial charge on any atom is -0.324 e. The first-order valence-electron chi connectivity index (χ1n) is 7.88. The zero-order valence-corrected chi connectivity index (χ0v) is 14.1. The van der Waals surface area contributed by atoms with Gasteiger partial charge >= 0.3 is 0 Å². The first kappa shape index (κ1) is 16.0. The summed E-state index contributed by atoms with van der Waals surface area (Å²) in [6.45, 7) is 1.10. The Morgan fingerprint density at radius 2 is 1.95 bits per heavy atom. The van der Waals surface area contributed by atoms with Gasteiger partial charge in [-0.05, 0) is 50.6 Å². The molecule has 0 heterocycles. The Balaban J connectivity index is 1.81. The van der Waals surface area contributed by atoms with Gasteiger partial charge in [-0.25, -0.2) is 0 Å². The highest BCUT2D eigenvalue weighted by Gasteiger charge is 2.17. The summed E-state index contributed by atoms with van der Waals surface area (Å²) in [5.74, 6) is 0. The summed E-state index contributed by atoms with van der Waals surface area (Å²) in [5.41, 5.74) is 7.56. The Morgan fingerprint density at radius 1 is 1.25 bits per heavy atom. The molecular formula is C17H27BrN2. The lowest BCUT2D eigenvalue weighted by atomic mass is 10.0. The highest BCUT2D eigenvalue weighted by Crippen LogP contribution is 2.23. The zero-order chi connectivity index (χ0) is 14.4. The highest BCUT2D eigenvalue weighted by molar-refractivity contribution is 9.10. The van der Waals surface area contributed by atoms with Gasteiger partial charge in [0.25, 0.3) is 0 Å². The van der Waals surface area contributed by atoms with Crippen LogP contribution in [0.1, 0.15) is 56.6 Å². The summed E-state index contributed by atoms with van der Waals surface area (Å²) in [7, 11) is 2.27. The number of hydrogen-bond donors (Lipinski definition) is 1. The molecule has 3 heteroatoms. The molecular weight excluding hydrogens is 312 g/mol. The predicted molar refractivity (Wildman–Crippen MR) is 89.8 cm³/mol. The lowest BCUT2D eigenvalue weighted by Crippen LogP contribution is -2.33. The van der Waals surface area contributed by atoms with Crippen molar-refractivity contribution in [1.29, 1.82) is 0 Å². The normalized spacial score (nSPS) is 19.0. The largest absolute Gasteiger partial charge is 0.324 e. The van der Waals surface area contributed by atoms with Crippen molar-refractivity contribution >= 4 is 15.9 Å². The average molecular weight is 339 g/mol. The van der Waals surface area contributed by atoms with Crippen molar-refractivity contribution in [2.24, 2.45) is 5.73 Å². The van der Waals surface area contributed by atoms with Gasteiger partial charge in [0.1, 0.15) is 0 Å². The van der Waals surface area contributed by atoms with Gasteiger partial charge in [0.2, 0.25) is 0 Å². The van der Waals surface area contributed by atoms with Crippen molar-refractivity contribution in [3.63, 3.8) is 0 Å². The Bertz CT molecular complexity index is 400. The summed E-state index contributed by atoms with van der Waals surface area (Å²) in [4.78, 5) is 2.53. The van der Waals surface area contributed by atoms with Crippen LogP contribution in [-0.2, 0) is 0 Å². The molecule has 1 aliphatic rings. The first-order valence-corrected chi connectivity index (χ1v) is 8.67. The van der Waals surface area contributed by atoms with Gasteiger partial charge in [-0.15, -0.1) is 0 Å². The monoisotopic (exact) mass is 338 g/mol. The fraction of sp³-hybridized carbons (Fsp3) is 0.647. The third-order valence-electron chi connectivity index (χ3n) is 4.52. The minimum atomic E-state index is 0.140. The van der Waals surface area contributed by atoms with Crippen LogP contribution in [0.2, 0.25) is 0 Å². The second kappa shape index (κ2) is 8.16. The van der Waals surface area contributed by atoms with Crippen LogP contribution in [0, 0.1) is 0 Å². The number of nitrogens with zero attached hydrogens (tertiary/aromatic N) is 1. The van der Waals surface area contributed by atoms with Gasteiger partial charge in [-0.2, -0.15) is 0 Å². The van der Waals surface area contributed by atoms with E-state index in [-0.39, 0.29) is 6.04 Å². The highest BCUT2D eigenvalue weighted by atomic mass is 79.9. The van der Waals surface area contributed by atoms with E-state index in [4.69, 9.17) is 5.73 Å². The third-order valence-corrected chi connectivity index (χ3v) is 5.01. The molecule has 1 aliphatic carbocycles. The molecule has 2 nitrogen and oxygen atoms in total. The molecule has 1 atom stereocenters. The standard InChI is InChI=1S/C17H27BrN2/c1-20(16-9-4-2-3-5-10-16)12-11-17(19)14-7-6-8-15(18)13-14/h6-8,13,16-17H,2-5,9-12,19H2,1H3. The van der Waals surface area contributed by atoms with Crippen LogP contribution in [-0.4, -0.2) is 24.5 Å². The lowest BCUT2D eigenvalue weighted by Gasteiger charge is -2.28. The number of hydrogen-bond acceptors (Lipinski definition) is 2. The van der Waals surface area contributed by atoms with Crippen molar-refractivity contribution in [3.8, 4) is 0 Å². The SMILES string of the molecule is CN(CCC(N)c1cccc(Br)c1)C1CCCCCC1. The summed E-state index contributed by atoms with van der Waals surface area (Å²) in [5, 5.41) is 0. The Labute approximate surface area is 131 Å². The molecule has 1 saturated carbocycles. The summed E-state index contributed by atoms with van der Waals surface area (Å²) >= 11 is 3.52. The molecule has 112 valence electrons. The quantitative estimate of drug-likeness (QED) is 0.801. The van der Waals surface area contributed by atoms with Crippen LogP contribution in [0.25, 0.3) is 0 Å². The fourth-order valence-corrected chi connectivity index (χ4v) is 3.54. The molecule has 0 spiro atoms. The van der Waals surface area contributed by atoms with E-state index in [1.165, 1.54) is 44.1 Å². The van der Waals surface area contributed by atoms with Crippen molar-refractivity contribution in [2.75, 3.05) is 13.6 Å². The van der Waals surface area contributed by atoms with Gasteiger partial charge < -0.3 is 10.6 Å². The molecule has 0 bridgehead atoms. The van der Waals surface area contributed by atoms with Crippen LogP contribution in [0.15, 0.2) is 28.7 Å². The minimum absolute atomic E-state index is 0.140. The molecule has 1 aromatic carbocycles. The number of halogens is 1. The maximum absolute atomic E-state index is 6.33. The van der Waals surface area contributed by atoms with E-state index in [0.29, 0.717) is 0 Å². The van der Waals surface area contributed by atoms with Crippen LogP contribution >= 0.6 is 15.9 Å². The van der Waals surface area contributed by atoms with Crippen molar-refractivity contribution in [2.45, 2.75) is 57.0 Å². The van der Waals surface area contributed by atoms with Crippen LogP contribution in [0.5, 0.6) is 0 Å².